The second-order valence-corrected chi connectivity index (χ2v) is 19.3. The fourth-order valence-corrected chi connectivity index (χ4v) is 13.0. The molecule has 13 nitrogen and oxygen atoms in total. The number of nitrogens with one attached hydrogen (secondary N) is 1. The quantitative estimate of drug-likeness (QED) is 0.0449. The van der Waals surface area contributed by atoms with Crippen LogP contribution in [0.4, 0.5) is 0 Å². The Morgan fingerprint density at radius 2 is 1.42 bits per heavy atom. The molecular formula is C46H52N3O10PS2. The van der Waals surface area contributed by atoms with Crippen molar-refractivity contribution < 1.29 is 37.7 Å². The Morgan fingerprint density at radius 3 is 2.02 bits per heavy atom. The summed E-state index contributed by atoms with van der Waals surface area (Å²) in [4.78, 5) is 41.7. The Hall–Kier alpha value is -4.28. The highest BCUT2D eigenvalue weighted by Crippen LogP contribution is 2.59. The van der Waals surface area contributed by atoms with Crippen molar-refractivity contribution in [1.29, 1.82) is 0 Å². The Bertz CT molecular complexity index is 2250. The van der Waals surface area contributed by atoms with E-state index in [-0.39, 0.29) is 31.5 Å². The summed E-state index contributed by atoms with van der Waals surface area (Å²) in [6.45, 7) is 1.86. The average Bonchev–Trinajstić information content (AvgIpc) is 3.98. The van der Waals surface area contributed by atoms with Crippen molar-refractivity contribution in [2.75, 3.05) is 72.4 Å². The fourth-order valence-electron chi connectivity index (χ4n) is 7.72. The highest BCUT2D eigenvalue weighted by Gasteiger charge is 2.56. The Kier molecular flexibility index (Phi) is 16.1. The summed E-state index contributed by atoms with van der Waals surface area (Å²) < 4.78 is 48.3. The molecule has 0 bridgehead atoms. The lowest BCUT2D eigenvalue weighted by molar-refractivity contribution is -0.162. The summed E-state index contributed by atoms with van der Waals surface area (Å²) in [5.74, 6) is 2.58. The first-order chi connectivity index (χ1) is 30.3. The van der Waals surface area contributed by atoms with Crippen LogP contribution in [-0.2, 0) is 34.8 Å². The van der Waals surface area contributed by atoms with Gasteiger partial charge >= 0.3 is 5.69 Å². The molecule has 5 aromatic rings. The van der Waals surface area contributed by atoms with Crippen molar-refractivity contribution >= 4 is 35.8 Å². The van der Waals surface area contributed by atoms with E-state index < -0.39 is 42.3 Å². The van der Waals surface area contributed by atoms with Gasteiger partial charge in [-0.2, -0.15) is 0 Å². The largest absolute Gasteiger partial charge is 0.497 e. The van der Waals surface area contributed by atoms with Gasteiger partial charge in [-0.15, -0.1) is 0 Å². The zero-order valence-electron chi connectivity index (χ0n) is 35.0. The normalized spacial score (nSPS) is 19.7. The molecule has 0 spiro atoms. The minimum Gasteiger partial charge on any atom is -0.497 e. The maximum absolute atomic E-state index is 13.8. The lowest BCUT2D eigenvalue weighted by Crippen LogP contribution is -2.55. The van der Waals surface area contributed by atoms with Crippen LogP contribution < -0.4 is 20.7 Å². The number of nitrogens with zero attached hydrogens (tertiary/aromatic N) is 2. The van der Waals surface area contributed by atoms with Gasteiger partial charge in [0.2, 0.25) is 10.8 Å². The van der Waals surface area contributed by atoms with E-state index in [1.165, 1.54) is 28.6 Å². The maximum atomic E-state index is 13.8. The van der Waals surface area contributed by atoms with Gasteiger partial charge in [0.1, 0.15) is 29.3 Å². The van der Waals surface area contributed by atoms with Crippen molar-refractivity contribution in [2.24, 2.45) is 0 Å². The van der Waals surface area contributed by atoms with Gasteiger partial charge in [-0.05, 0) is 53.8 Å². The lowest BCUT2D eigenvalue weighted by atomic mass is 9.80. The summed E-state index contributed by atoms with van der Waals surface area (Å²) in [6.07, 6.45) is 1.72. The number of benzene rings is 4. The number of carbonyl (C=O) groups excluding carboxylic acids is 1. The van der Waals surface area contributed by atoms with E-state index in [0.717, 1.165) is 42.6 Å². The van der Waals surface area contributed by atoms with Crippen LogP contribution >= 0.6 is 30.6 Å². The van der Waals surface area contributed by atoms with E-state index in [1.54, 1.807) is 32.7 Å². The summed E-state index contributed by atoms with van der Waals surface area (Å²) in [5.41, 5.74) is -0.737. The summed E-state index contributed by atoms with van der Waals surface area (Å²) in [7, 11) is 3.44. The van der Waals surface area contributed by atoms with Gasteiger partial charge in [0.05, 0.1) is 40.6 Å². The number of hydrogen-bond acceptors (Lipinski definition) is 13. The second-order valence-electron chi connectivity index (χ2n) is 14.6. The second kappa shape index (κ2) is 21.9. The average molecular weight is 902 g/mol. The van der Waals surface area contributed by atoms with Crippen LogP contribution in [0.1, 0.15) is 39.9 Å². The third-order valence-corrected chi connectivity index (χ3v) is 16.0. The smallest absolute Gasteiger partial charge is 0.330 e. The molecule has 3 unspecified atom stereocenters. The molecule has 2 fully saturated rings. The Labute approximate surface area is 371 Å². The van der Waals surface area contributed by atoms with E-state index in [2.05, 4.69) is 9.65 Å². The molecule has 1 aromatic heterocycles. The lowest BCUT2D eigenvalue weighted by Gasteiger charge is -2.40. The van der Waals surface area contributed by atoms with Crippen molar-refractivity contribution in [1.82, 2.24) is 14.2 Å². The number of rotatable bonds is 21. The number of H-pyrrole nitrogens is 1. The van der Waals surface area contributed by atoms with Gasteiger partial charge in [-0.3, -0.25) is 23.8 Å². The third kappa shape index (κ3) is 10.4. The van der Waals surface area contributed by atoms with Crippen LogP contribution in [-0.4, -0.2) is 104 Å². The number of methoxy groups -OCH3 is 3. The molecule has 0 saturated carbocycles. The standard InChI is InChI=1S/C46H52N3O10PS2/c1-53-28-29-57-45(49-27-24-41(50)47-44(49)52)33-56-40(42(45)59-60(48-25-10-11-26-48)62-31-30-61-43(51)34-12-6-4-7-13-34)32-58-46(35-14-8-5-9-15-35,36-16-20-38(54-2)21-17-36)37-18-22-39(55-3)23-19-37/h4-9,12-24,27,40,42H,10-11,25-26,28-33H2,1-3H3,(H,47,50,52)/t40-,42?,45?,60?/m1/s1. The molecule has 2 saturated heterocycles. The SMILES string of the molecule is COCCOC1(n2ccc(=O)[nH]c2=O)CO[C@H](COC(c2ccccc2)(c2ccc(OC)cc2)c2ccc(OC)cc2)C1OP(SCCSC(=O)c1ccccc1)N1CCCC1. The number of aromatic amines is 1. The summed E-state index contributed by atoms with van der Waals surface area (Å²) in [5, 5.41) is 0.0117. The van der Waals surface area contributed by atoms with E-state index in [1.807, 2.05) is 109 Å². The molecule has 4 atom stereocenters. The van der Waals surface area contributed by atoms with Crippen LogP contribution in [0.15, 0.2) is 131 Å². The van der Waals surface area contributed by atoms with Gasteiger partial charge < -0.3 is 32.9 Å². The van der Waals surface area contributed by atoms with Crippen LogP contribution in [0.3, 0.4) is 0 Å². The molecule has 16 heteroatoms. The van der Waals surface area contributed by atoms with Crippen LogP contribution in [0.5, 0.6) is 11.5 Å². The maximum Gasteiger partial charge on any atom is 0.330 e. The first kappa shape index (κ1) is 45.7. The Morgan fingerprint density at radius 1 is 0.806 bits per heavy atom. The van der Waals surface area contributed by atoms with Crippen molar-refractivity contribution in [3.05, 3.63) is 165 Å². The van der Waals surface area contributed by atoms with Gasteiger partial charge in [-0.25, -0.2) is 4.79 Å². The highest BCUT2D eigenvalue weighted by atomic mass is 32.7. The molecule has 4 aromatic carbocycles. The number of thioether (sulfide) groups is 1. The van der Waals surface area contributed by atoms with Gasteiger partial charge in [-0.1, -0.05) is 108 Å². The zero-order valence-corrected chi connectivity index (χ0v) is 37.5. The van der Waals surface area contributed by atoms with E-state index in [9.17, 15) is 14.4 Å². The van der Waals surface area contributed by atoms with Gasteiger partial charge in [0.25, 0.3) is 5.56 Å². The fraction of sp³-hybridized carbons (Fsp3) is 0.370. The van der Waals surface area contributed by atoms with E-state index >= 15 is 0 Å². The molecule has 3 heterocycles. The Balaban J connectivity index is 1.28. The van der Waals surface area contributed by atoms with Gasteiger partial charge in [0, 0.05) is 49.5 Å². The molecule has 1 N–H and O–H groups in total. The van der Waals surface area contributed by atoms with Crippen molar-refractivity contribution in [3.8, 4) is 11.5 Å². The minimum absolute atomic E-state index is 0.0117. The summed E-state index contributed by atoms with van der Waals surface area (Å²) >= 11 is 2.93. The van der Waals surface area contributed by atoms with E-state index in [4.69, 9.17) is 32.9 Å². The number of aromatic nitrogens is 2. The molecule has 7 rings (SSSR count). The number of ether oxygens (including phenoxy) is 6. The zero-order chi connectivity index (χ0) is 43.4. The van der Waals surface area contributed by atoms with E-state index in [0.29, 0.717) is 28.6 Å². The van der Waals surface area contributed by atoms with Gasteiger partial charge in [0.15, 0.2) is 7.50 Å². The first-order valence-electron chi connectivity index (χ1n) is 20.4. The molecule has 328 valence electrons. The highest BCUT2D eigenvalue weighted by molar-refractivity contribution is 8.53. The van der Waals surface area contributed by atoms with Crippen molar-refractivity contribution in [3.63, 3.8) is 0 Å². The predicted molar refractivity (Wildman–Crippen MR) is 243 cm³/mol. The molecule has 62 heavy (non-hydrogen) atoms. The minimum atomic E-state index is -1.54. The molecule has 0 aliphatic carbocycles. The molecular weight excluding hydrogens is 850 g/mol. The summed E-state index contributed by atoms with van der Waals surface area (Å²) in [6, 6.07) is 36.1. The third-order valence-electron chi connectivity index (χ3n) is 10.8. The topological polar surface area (TPSA) is 140 Å². The number of hydrogen-bond donors (Lipinski definition) is 1. The van der Waals surface area contributed by atoms with Crippen LogP contribution in [0, 0.1) is 0 Å². The first-order valence-corrected chi connectivity index (χ1v) is 24.2. The number of carbonyl (C=O) groups is 1. The molecule has 0 radical (unpaired) electrons. The van der Waals surface area contributed by atoms with Crippen LogP contribution in [0.2, 0.25) is 0 Å². The molecule has 2 aliphatic rings. The molecule has 0 amide bonds. The molecule has 2 aliphatic heterocycles. The monoisotopic (exact) mass is 901 g/mol. The van der Waals surface area contributed by atoms with Crippen LogP contribution in [0.25, 0.3) is 0 Å². The predicted octanol–water partition coefficient (Wildman–Crippen LogP) is 7.29. The van der Waals surface area contributed by atoms with Crippen molar-refractivity contribution in [2.45, 2.75) is 36.4 Å².